The summed E-state index contributed by atoms with van der Waals surface area (Å²) in [5, 5.41) is 7.00. The van der Waals surface area contributed by atoms with Crippen molar-refractivity contribution in [3.05, 3.63) is 39.9 Å². The zero-order valence-electron chi connectivity index (χ0n) is 12.2. The number of hydrogen-bond donors (Lipinski definition) is 1. The van der Waals surface area contributed by atoms with Crippen LogP contribution in [0.15, 0.2) is 17.5 Å². The number of aryl methyl sites for hydroxylation is 4. The summed E-state index contributed by atoms with van der Waals surface area (Å²) < 4.78 is 2.31. The molecule has 1 aromatic carbocycles. The minimum atomic E-state index is 0. The summed E-state index contributed by atoms with van der Waals surface area (Å²) in [6.45, 7) is 11.8. The van der Waals surface area contributed by atoms with Gasteiger partial charge in [-0.1, -0.05) is 29.0 Å². The average Bonchev–Trinajstić information content (AvgIpc) is 2.64. The van der Waals surface area contributed by atoms with E-state index in [4.69, 9.17) is 0 Å². The van der Waals surface area contributed by atoms with Crippen molar-refractivity contribution in [1.82, 2.24) is 0 Å². The first-order valence-electron chi connectivity index (χ1n) is 6.35. The molecule has 0 fully saturated rings. The van der Waals surface area contributed by atoms with Crippen LogP contribution in [0, 0.1) is 27.7 Å². The molecule has 0 amide bonds. The number of thiazole rings is 1. The molecule has 0 aliphatic carbocycles. The van der Waals surface area contributed by atoms with Crippen molar-refractivity contribution in [2.45, 2.75) is 41.2 Å². The normalized spacial score (nSPS) is 10.2. The number of nitrogens with zero attached hydrogens (tertiary/aromatic N) is 1. The summed E-state index contributed by atoms with van der Waals surface area (Å²) in [6.07, 6.45) is 0. The topological polar surface area (TPSA) is 15.9 Å². The second-order valence-corrected chi connectivity index (χ2v) is 5.68. The molecule has 1 N–H and O–H groups in total. The minimum Gasteiger partial charge on any atom is -1.00 e. The van der Waals surface area contributed by atoms with Gasteiger partial charge in [0.15, 0.2) is 0 Å². The Morgan fingerprint density at radius 3 is 2.21 bits per heavy atom. The molecule has 0 bridgehead atoms. The molecular weight excluding hydrogens is 367 g/mol. The number of benzene rings is 1. The van der Waals surface area contributed by atoms with Crippen molar-refractivity contribution >= 4 is 22.2 Å². The molecule has 0 saturated carbocycles. The van der Waals surface area contributed by atoms with Crippen molar-refractivity contribution in [3.63, 3.8) is 0 Å². The smallest absolute Gasteiger partial charge is 0.339 e. The van der Waals surface area contributed by atoms with Crippen LogP contribution in [0.1, 0.15) is 29.3 Å². The van der Waals surface area contributed by atoms with E-state index in [1.807, 2.05) is 0 Å². The lowest BCUT2D eigenvalue weighted by molar-refractivity contribution is -0.681. The first-order valence-corrected chi connectivity index (χ1v) is 7.23. The zero-order chi connectivity index (χ0) is 13.3. The molecule has 0 saturated heterocycles. The van der Waals surface area contributed by atoms with Gasteiger partial charge < -0.3 is 24.0 Å². The lowest BCUT2D eigenvalue weighted by Crippen LogP contribution is -3.00. The van der Waals surface area contributed by atoms with Gasteiger partial charge in [-0.3, -0.25) is 0 Å². The molecule has 1 heterocycles. The Morgan fingerprint density at radius 1 is 1.11 bits per heavy atom. The van der Waals surface area contributed by atoms with Gasteiger partial charge in [-0.05, 0) is 45.7 Å². The van der Waals surface area contributed by atoms with E-state index >= 15 is 0 Å². The van der Waals surface area contributed by atoms with Crippen molar-refractivity contribution < 1.29 is 28.5 Å². The van der Waals surface area contributed by atoms with Crippen LogP contribution in [0.25, 0.3) is 0 Å². The van der Waals surface area contributed by atoms with Crippen LogP contribution >= 0.6 is 11.3 Å². The fourth-order valence-corrected chi connectivity index (χ4v) is 3.37. The highest BCUT2D eigenvalue weighted by atomic mass is 127. The summed E-state index contributed by atoms with van der Waals surface area (Å²) in [5.41, 5.74) is 6.49. The Kier molecular flexibility index (Phi) is 5.80. The highest BCUT2D eigenvalue weighted by molar-refractivity contribution is 7.13. The Balaban J connectivity index is 0.00000180. The van der Waals surface area contributed by atoms with Crippen molar-refractivity contribution in [2.24, 2.45) is 0 Å². The van der Waals surface area contributed by atoms with Gasteiger partial charge in [0.2, 0.25) is 0 Å². The fourth-order valence-electron chi connectivity index (χ4n) is 2.40. The Morgan fingerprint density at radius 2 is 1.68 bits per heavy atom. The van der Waals surface area contributed by atoms with E-state index < -0.39 is 0 Å². The van der Waals surface area contributed by atoms with Crippen molar-refractivity contribution in [2.75, 3.05) is 5.32 Å². The molecule has 2 rings (SSSR count). The van der Waals surface area contributed by atoms with Gasteiger partial charge >= 0.3 is 5.13 Å². The Hall–Kier alpha value is -0.620. The number of halogens is 1. The standard InChI is InChI=1S/C15H20N2S.HI/c1-6-17-13(5)9-18-15(17)16-14-11(3)7-10(2)8-12(14)4;/h7-9H,6H2,1-5H3;1H. The van der Waals surface area contributed by atoms with Gasteiger partial charge in [0, 0.05) is 5.38 Å². The average molecular weight is 388 g/mol. The molecule has 0 atom stereocenters. The van der Waals surface area contributed by atoms with E-state index in [2.05, 4.69) is 62.0 Å². The summed E-state index contributed by atoms with van der Waals surface area (Å²) >= 11 is 1.77. The molecule has 1 aromatic heterocycles. The first-order chi connectivity index (χ1) is 8.52. The third kappa shape index (κ3) is 3.48. The molecular formula is C15H21IN2S. The van der Waals surface area contributed by atoms with E-state index in [0.717, 1.165) is 6.54 Å². The maximum atomic E-state index is 3.59. The van der Waals surface area contributed by atoms with Crippen LogP contribution in [0.5, 0.6) is 0 Å². The number of aromatic nitrogens is 1. The molecule has 0 aliphatic heterocycles. The Labute approximate surface area is 136 Å². The third-order valence-electron chi connectivity index (χ3n) is 3.24. The zero-order valence-corrected chi connectivity index (χ0v) is 15.1. The van der Waals surface area contributed by atoms with Gasteiger partial charge in [0.1, 0.15) is 11.4 Å². The largest absolute Gasteiger partial charge is 1.00 e. The molecule has 19 heavy (non-hydrogen) atoms. The summed E-state index contributed by atoms with van der Waals surface area (Å²) in [6, 6.07) is 4.46. The predicted octanol–water partition coefficient (Wildman–Crippen LogP) is 1.04. The Bertz CT molecular complexity index is 553. The maximum absolute atomic E-state index is 3.59. The molecule has 0 spiro atoms. The quantitative estimate of drug-likeness (QED) is 0.614. The predicted molar refractivity (Wildman–Crippen MR) is 78.9 cm³/mol. The molecule has 104 valence electrons. The van der Waals surface area contributed by atoms with Crippen LogP contribution in [-0.2, 0) is 6.54 Å². The number of hydrogen-bond acceptors (Lipinski definition) is 2. The van der Waals surface area contributed by atoms with E-state index in [1.165, 1.54) is 33.2 Å². The first kappa shape index (κ1) is 16.4. The fraction of sp³-hybridized carbons (Fsp3) is 0.400. The lowest BCUT2D eigenvalue weighted by Gasteiger charge is -2.08. The van der Waals surface area contributed by atoms with E-state index in [0.29, 0.717) is 0 Å². The van der Waals surface area contributed by atoms with E-state index in [9.17, 15) is 0 Å². The van der Waals surface area contributed by atoms with Crippen LogP contribution in [0.4, 0.5) is 10.8 Å². The molecule has 0 aliphatic rings. The van der Waals surface area contributed by atoms with Crippen LogP contribution in [0.3, 0.4) is 0 Å². The van der Waals surface area contributed by atoms with E-state index in [1.54, 1.807) is 11.3 Å². The molecule has 0 radical (unpaired) electrons. The number of nitrogens with one attached hydrogen (secondary N) is 1. The van der Waals surface area contributed by atoms with Crippen molar-refractivity contribution in [3.8, 4) is 0 Å². The van der Waals surface area contributed by atoms with E-state index in [-0.39, 0.29) is 24.0 Å². The van der Waals surface area contributed by atoms with Crippen LogP contribution in [-0.4, -0.2) is 0 Å². The molecule has 2 aromatic rings. The molecule has 2 nitrogen and oxygen atoms in total. The third-order valence-corrected chi connectivity index (χ3v) is 4.24. The number of anilines is 2. The monoisotopic (exact) mass is 388 g/mol. The number of rotatable bonds is 3. The SMILES string of the molecule is CC[n+]1c(C)csc1Nc1c(C)cc(C)cc1C.[I-]. The maximum Gasteiger partial charge on any atom is 0.339 e. The van der Waals surface area contributed by atoms with Gasteiger partial charge in [0.25, 0.3) is 0 Å². The minimum absolute atomic E-state index is 0. The second-order valence-electron chi connectivity index (χ2n) is 4.83. The highest BCUT2D eigenvalue weighted by Gasteiger charge is 2.16. The lowest BCUT2D eigenvalue weighted by atomic mass is 10.1. The molecule has 4 heteroatoms. The van der Waals surface area contributed by atoms with Gasteiger partial charge in [-0.15, -0.1) is 0 Å². The van der Waals surface area contributed by atoms with Gasteiger partial charge in [-0.2, -0.15) is 0 Å². The van der Waals surface area contributed by atoms with Crippen molar-refractivity contribution in [1.29, 1.82) is 0 Å². The van der Waals surface area contributed by atoms with Crippen LogP contribution in [0.2, 0.25) is 0 Å². The molecule has 0 unspecified atom stereocenters. The van der Waals surface area contributed by atoms with Gasteiger partial charge in [-0.25, -0.2) is 9.88 Å². The summed E-state index contributed by atoms with van der Waals surface area (Å²) in [7, 11) is 0. The van der Waals surface area contributed by atoms with Crippen LogP contribution < -0.4 is 33.9 Å². The van der Waals surface area contributed by atoms with Gasteiger partial charge in [0.05, 0.1) is 6.54 Å². The summed E-state index contributed by atoms with van der Waals surface area (Å²) in [4.78, 5) is 0. The summed E-state index contributed by atoms with van der Waals surface area (Å²) in [5.74, 6) is 0. The highest BCUT2D eigenvalue weighted by Crippen LogP contribution is 2.26. The second kappa shape index (κ2) is 6.70.